The molecule has 2 N–H and O–H groups in total. The van der Waals surface area contributed by atoms with Gasteiger partial charge in [-0.3, -0.25) is 14.9 Å². The van der Waals surface area contributed by atoms with Crippen molar-refractivity contribution in [1.29, 1.82) is 0 Å². The predicted molar refractivity (Wildman–Crippen MR) is 62.2 cm³/mol. The lowest BCUT2D eigenvalue weighted by atomic mass is 10.1. The highest BCUT2D eigenvalue weighted by Crippen LogP contribution is 2.19. The zero-order valence-electron chi connectivity index (χ0n) is 9.50. The van der Waals surface area contributed by atoms with E-state index in [2.05, 4.69) is 5.32 Å². The molecule has 0 fully saturated rings. The van der Waals surface area contributed by atoms with Gasteiger partial charge >= 0.3 is 5.97 Å². The van der Waals surface area contributed by atoms with Crippen molar-refractivity contribution in [2.24, 2.45) is 0 Å². The van der Waals surface area contributed by atoms with Crippen LogP contribution in [0.15, 0.2) is 30.4 Å². The maximum absolute atomic E-state index is 12.9. The molecule has 8 heteroatoms. The minimum absolute atomic E-state index is 0.111. The Bertz CT molecular complexity index is 556. The number of carboxylic acids is 1. The van der Waals surface area contributed by atoms with Gasteiger partial charge < -0.3 is 10.4 Å². The third-order valence-electron chi connectivity index (χ3n) is 2.04. The summed E-state index contributed by atoms with van der Waals surface area (Å²) in [4.78, 5) is 31.6. The molecule has 100 valence electrons. The summed E-state index contributed by atoms with van der Waals surface area (Å²) in [5, 5.41) is 21.2. The summed E-state index contributed by atoms with van der Waals surface area (Å²) in [5.74, 6) is -2.79. The summed E-state index contributed by atoms with van der Waals surface area (Å²) in [6.45, 7) is -0.111. The minimum atomic E-state index is -1.18. The zero-order chi connectivity index (χ0) is 14.4. The summed E-state index contributed by atoms with van der Waals surface area (Å²) in [7, 11) is 0. The van der Waals surface area contributed by atoms with Crippen molar-refractivity contribution in [2.75, 3.05) is 6.54 Å². The molecule has 0 aliphatic rings. The summed E-state index contributed by atoms with van der Waals surface area (Å²) in [5.41, 5.74) is -0.949. The van der Waals surface area contributed by atoms with Crippen molar-refractivity contribution in [3.63, 3.8) is 0 Å². The molecule has 0 aliphatic heterocycles. The van der Waals surface area contributed by atoms with Crippen molar-refractivity contribution >= 4 is 17.6 Å². The van der Waals surface area contributed by atoms with Crippen LogP contribution in [0.5, 0.6) is 0 Å². The Balaban J connectivity index is 2.82. The second kappa shape index (κ2) is 6.24. The lowest BCUT2D eigenvalue weighted by Crippen LogP contribution is -2.24. The van der Waals surface area contributed by atoms with Crippen molar-refractivity contribution in [1.82, 2.24) is 5.32 Å². The van der Waals surface area contributed by atoms with E-state index in [9.17, 15) is 24.1 Å². The second-order valence-corrected chi connectivity index (χ2v) is 3.37. The molecule has 0 atom stereocenters. The molecule has 0 heterocycles. The van der Waals surface area contributed by atoms with Gasteiger partial charge in [0.2, 0.25) is 0 Å². The third kappa shape index (κ3) is 4.19. The first-order valence-electron chi connectivity index (χ1n) is 5.03. The largest absolute Gasteiger partial charge is 0.478 e. The summed E-state index contributed by atoms with van der Waals surface area (Å²) in [6.07, 6.45) is 1.98. The number of nitrogens with zero attached hydrogens (tertiary/aromatic N) is 1. The summed E-state index contributed by atoms with van der Waals surface area (Å²) < 4.78 is 12.9. The number of halogens is 1. The predicted octanol–water partition coefficient (Wildman–Crippen LogP) is 1.10. The van der Waals surface area contributed by atoms with Crippen molar-refractivity contribution < 1.29 is 24.0 Å². The van der Waals surface area contributed by atoms with Gasteiger partial charge in [-0.15, -0.1) is 0 Å². The SMILES string of the molecule is O=C(O)/C=C/CNC(=O)c1ccc(F)cc1[N+](=O)[O-]. The van der Waals surface area contributed by atoms with Gasteiger partial charge in [-0.25, -0.2) is 9.18 Å². The molecule has 0 spiro atoms. The Morgan fingerprint density at radius 3 is 2.74 bits per heavy atom. The Labute approximate surface area is 106 Å². The van der Waals surface area contributed by atoms with Gasteiger partial charge in [-0.05, 0) is 12.1 Å². The van der Waals surface area contributed by atoms with Gasteiger partial charge in [0.05, 0.1) is 11.0 Å². The minimum Gasteiger partial charge on any atom is -0.478 e. The van der Waals surface area contributed by atoms with Crippen LogP contribution in [0.25, 0.3) is 0 Å². The Hall–Kier alpha value is -2.77. The van der Waals surface area contributed by atoms with Crippen molar-refractivity contribution in [2.45, 2.75) is 0 Å². The molecule has 1 aromatic carbocycles. The fourth-order valence-corrected chi connectivity index (χ4v) is 1.25. The number of benzene rings is 1. The lowest BCUT2D eigenvalue weighted by Gasteiger charge is -2.03. The van der Waals surface area contributed by atoms with Gasteiger partial charge in [-0.2, -0.15) is 0 Å². The topological polar surface area (TPSA) is 110 Å². The van der Waals surface area contributed by atoms with E-state index >= 15 is 0 Å². The fourth-order valence-electron chi connectivity index (χ4n) is 1.25. The maximum Gasteiger partial charge on any atom is 0.328 e. The van der Waals surface area contributed by atoms with E-state index in [0.717, 1.165) is 24.3 Å². The molecule has 0 bridgehead atoms. The monoisotopic (exact) mass is 268 g/mol. The van der Waals surface area contributed by atoms with Crippen LogP contribution in [0.4, 0.5) is 10.1 Å². The van der Waals surface area contributed by atoms with Gasteiger partial charge in [0.25, 0.3) is 11.6 Å². The highest BCUT2D eigenvalue weighted by Gasteiger charge is 2.20. The first-order chi connectivity index (χ1) is 8.91. The number of nitrogens with one attached hydrogen (secondary N) is 1. The third-order valence-corrected chi connectivity index (χ3v) is 2.04. The summed E-state index contributed by atoms with van der Waals surface area (Å²) >= 11 is 0. The Morgan fingerprint density at radius 1 is 1.47 bits per heavy atom. The molecule has 0 aromatic heterocycles. The smallest absolute Gasteiger partial charge is 0.328 e. The van der Waals surface area contributed by atoms with Crippen LogP contribution in [-0.4, -0.2) is 28.5 Å². The lowest BCUT2D eigenvalue weighted by molar-refractivity contribution is -0.385. The molecule has 0 aliphatic carbocycles. The van der Waals surface area contributed by atoms with Crippen molar-refractivity contribution in [3.05, 3.63) is 51.8 Å². The molecule has 0 radical (unpaired) electrons. The maximum atomic E-state index is 12.9. The molecule has 0 unspecified atom stereocenters. The number of nitro groups is 1. The van der Waals surface area contributed by atoms with Crippen LogP contribution in [0, 0.1) is 15.9 Å². The van der Waals surface area contributed by atoms with Crippen LogP contribution >= 0.6 is 0 Å². The number of rotatable bonds is 5. The number of carboxylic acid groups (broad SMARTS) is 1. The van der Waals surface area contributed by atoms with E-state index in [1.54, 1.807) is 0 Å². The number of hydrogen-bond acceptors (Lipinski definition) is 4. The Morgan fingerprint density at radius 2 is 2.16 bits per heavy atom. The number of carbonyl (C=O) groups is 2. The van der Waals surface area contributed by atoms with Crippen LogP contribution in [0.3, 0.4) is 0 Å². The van der Waals surface area contributed by atoms with E-state index in [0.29, 0.717) is 6.07 Å². The average molecular weight is 268 g/mol. The molecule has 0 saturated heterocycles. The molecule has 1 aromatic rings. The zero-order valence-corrected chi connectivity index (χ0v) is 9.50. The van der Waals surface area contributed by atoms with Crippen LogP contribution in [-0.2, 0) is 4.79 Å². The van der Waals surface area contributed by atoms with E-state index < -0.39 is 28.3 Å². The van der Waals surface area contributed by atoms with Gasteiger partial charge in [0, 0.05) is 12.6 Å². The molecule has 0 saturated carbocycles. The number of hydrogen-bond donors (Lipinski definition) is 2. The van der Waals surface area contributed by atoms with Gasteiger partial charge in [0.1, 0.15) is 11.4 Å². The average Bonchev–Trinajstić information content (AvgIpc) is 2.33. The standard InChI is InChI=1S/C11H9FN2O5/c12-7-3-4-8(9(6-7)14(18)19)11(17)13-5-1-2-10(15)16/h1-4,6H,5H2,(H,13,17)(H,15,16)/b2-1+. The Kier molecular flexibility index (Phi) is 4.69. The van der Waals surface area contributed by atoms with Gasteiger partial charge in [-0.1, -0.05) is 6.08 Å². The van der Waals surface area contributed by atoms with Crippen LogP contribution in [0.2, 0.25) is 0 Å². The van der Waals surface area contributed by atoms with Crippen LogP contribution < -0.4 is 5.32 Å². The van der Waals surface area contributed by atoms with Crippen LogP contribution in [0.1, 0.15) is 10.4 Å². The number of nitro benzene ring substituents is 1. The van der Waals surface area contributed by atoms with E-state index in [4.69, 9.17) is 5.11 Å². The van der Waals surface area contributed by atoms with Gasteiger partial charge in [0.15, 0.2) is 0 Å². The highest BCUT2D eigenvalue weighted by molar-refractivity contribution is 5.98. The van der Waals surface area contributed by atoms with E-state index in [1.165, 1.54) is 0 Å². The molecule has 1 amide bonds. The molecule has 19 heavy (non-hydrogen) atoms. The van der Waals surface area contributed by atoms with E-state index in [-0.39, 0.29) is 12.1 Å². The molecular formula is C11H9FN2O5. The van der Waals surface area contributed by atoms with Crippen molar-refractivity contribution in [3.8, 4) is 0 Å². The van der Waals surface area contributed by atoms with E-state index in [1.807, 2.05) is 0 Å². The molecule has 1 rings (SSSR count). The first kappa shape index (κ1) is 14.3. The highest BCUT2D eigenvalue weighted by atomic mass is 19.1. The summed E-state index contributed by atoms with van der Waals surface area (Å²) in [6, 6.07) is 2.56. The number of carbonyl (C=O) groups excluding carboxylic acids is 1. The number of aliphatic carboxylic acids is 1. The number of amides is 1. The normalized spacial score (nSPS) is 10.4. The molecule has 7 nitrogen and oxygen atoms in total. The molecular weight excluding hydrogens is 259 g/mol. The second-order valence-electron chi connectivity index (χ2n) is 3.37. The first-order valence-corrected chi connectivity index (χ1v) is 5.03. The quantitative estimate of drug-likeness (QED) is 0.472. The fraction of sp³-hybridized carbons (Fsp3) is 0.0909.